The average Bonchev–Trinajstić information content (AvgIpc) is 2.64. The van der Waals surface area contributed by atoms with Crippen molar-refractivity contribution in [2.24, 2.45) is 0 Å². The lowest BCUT2D eigenvalue weighted by atomic mass is 10.2. The van der Waals surface area contributed by atoms with Crippen LogP contribution in [-0.4, -0.2) is 29.2 Å². The van der Waals surface area contributed by atoms with Gasteiger partial charge in [0.2, 0.25) is 10.0 Å². The van der Waals surface area contributed by atoms with Gasteiger partial charge in [-0.25, -0.2) is 13.1 Å². The second-order valence-corrected chi connectivity index (χ2v) is 7.45. The van der Waals surface area contributed by atoms with Crippen molar-refractivity contribution in [3.8, 4) is 23.3 Å². The molecule has 0 saturated heterocycles. The summed E-state index contributed by atoms with van der Waals surface area (Å²) in [6, 6.07) is 12.2. The van der Waals surface area contributed by atoms with Gasteiger partial charge in [-0.1, -0.05) is 29.5 Å². The molecule has 138 valence electrons. The third-order valence-electron chi connectivity index (χ3n) is 3.72. The van der Waals surface area contributed by atoms with Crippen molar-refractivity contribution in [1.82, 2.24) is 4.72 Å². The van der Waals surface area contributed by atoms with Crippen LogP contribution in [-0.2, 0) is 10.0 Å². The molecule has 0 amide bonds. The summed E-state index contributed by atoms with van der Waals surface area (Å²) in [6.45, 7) is 2.26. The highest BCUT2D eigenvalue weighted by atomic mass is 32.2. The van der Waals surface area contributed by atoms with E-state index in [4.69, 9.17) is 9.47 Å². The standard InChI is InChI=1S/C20H23NO4S/c1-16-8-11-18(12-9-16)26(22,23)21-14-6-4-5-7-17-10-13-19(24-2)20(15-17)25-3/h8-13,15,21H,4,6,14H2,1-3H3. The molecule has 2 aromatic carbocycles. The van der Waals surface area contributed by atoms with Gasteiger partial charge in [-0.3, -0.25) is 0 Å². The smallest absolute Gasteiger partial charge is 0.240 e. The van der Waals surface area contributed by atoms with E-state index in [0.29, 0.717) is 30.9 Å². The molecule has 0 bridgehead atoms. The summed E-state index contributed by atoms with van der Waals surface area (Å²) < 4.78 is 37.3. The van der Waals surface area contributed by atoms with E-state index in [-0.39, 0.29) is 4.90 Å². The fourth-order valence-corrected chi connectivity index (χ4v) is 3.34. The number of hydrogen-bond acceptors (Lipinski definition) is 4. The Labute approximate surface area is 155 Å². The summed E-state index contributed by atoms with van der Waals surface area (Å²) in [5.41, 5.74) is 1.84. The third-order valence-corrected chi connectivity index (χ3v) is 5.20. The molecule has 26 heavy (non-hydrogen) atoms. The molecule has 0 fully saturated rings. The molecule has 0 atom stereocenters. The molecular weight excluding hydrogens is 350 g/mol. The van der Waals surface area contributed by atoms with Crippen LogP contribution in [0.2, 0.25) is 0 Å². The van der Waals surface area contributed by atoms with Crippen molar-refractivity contribution in [3.63, 3.8) is 0 Å². The number of unbranched alkanes of at least 4 members (excludes halogenated alkanes) is 1. The molecule has 0 radical (unpaired) electrons. The minimum atomic E-state index is -3.46. The molecule has 0 aliphatic carbocycles. The van der Waals surface area contributed by atoms with Crippen LogP contribution in [0.25, 0.3) is 0 Å². The second-order valence-electron chi connectivity index (χ2n) is 5.69. The highest BCUT2D eigenvalue weighted by Crippen LogP contribution is 2.27. The van der Waals surface area contributed by atoms with E-state index in [0.717, 1.165) is 11.1 Å². The Hall–Kier alpha value is -2.49. The van der Waals surface area contributed by atoms with Crippen molar-refractivity contribution in [2.45, 2.75) is 24.7 Å². The van der Waals surface area contributed by atoms with Gasteiger partial charge in [0.15, 0.2) is 11.5 Å². The average molecular weight is 373 g/mol. The Kier molecular flexibility index (Phi) is 7.07. The van der Waals surface area contributed by atoms with Crippen LogP contribution in [0.4, 0.5) is 0 Å². The maximum Gasteiger partial charge on any atom is 0.240 e. The lowest BCUT2D eigenvalue weighted by Crippen LogP contribution is -2.24. The second kappa shape index (κ2) is 9.27. The van der Waals surface area contributed by atoms with Crippen LogP contribution in [0.1, 0.15) is 24.0 Å². The van der Waals surface area contributed by atoms with Crippen LogP contribution in [0.5, 0.6) is 11.5 Å². The van der Waals surface area contributed by atoms with Crippen LogP contribution in [0, 0.1) is 18.8 Å². The number of nitrogens with one attached hydrogen (secondary N) is 1. The highest BCUT2D eigenvalue weighted by molar-refractivity contribution is 7.89. The molecular formula is C20H23NO4S. The van der Waals surface area contributed by atoms with Crippen molar-refractivity contribution in [1.29, 1.82) is 0 Å². The Balaban J connectivity index is 1.84. The molecule has 2 aromatic rings. The number of ether oxygens (including phenoxy) is 2. The minimum absolute atomic E-state index is 0.277. The summed E-state index contributed by atoms with van der Waals surface area (Å²) >= 11 is 0. The molecule has 2 rings (SSSR count). The normalized spacial score (nSPS) is 10.7. The van der Waals surface area contributed by atoms with E-state index in [9.17, 15) is 8.42 Å². The van der Waals surface area contributed by atoms with E-state index in [2.05, 4.69) is 16.6 Å². The molecule has 0 spiro atoms. The zero-order chi connectivity index (χ0) is 19.0. The van der Waals surface area contributed by atoms with E-state index in [1.165, 1.54) is 0 Å². The van der Waals surface area contributed by atoms with Crippen molar-refractivity contribution < 1.29 is 17.9 Å². The minimum Gasteiger partial charge on any atom is -0.493 e. The fraction of sp³-hybridized carbons (Fsp3) is 0.300. The van der Waals surface area contributed by atoms with Gasteiger partial charge >= 0.3 is 0 Å². The molecule has 0 heterocycles. The molecule has 0 unspecified atom stereocenters. The molecule has 0 aliphatic heterocycles. The van der Waals surface area contributed by atoms with Crippen LogP contribution >= 0.6 is 0 Å². The van der Waals surface area contributed by atoms with Gasteiger partial charge < -0.3 is 9.47 Å². The molecule has 1 N–H and O–H groups in total. The van der Waals surface area contributed by atoms with Gasteiger partial charge in [0.05, 0.1) is 19.1 Å². The highest BCUT2D eigenvalue weighted by Gasteiger charge is 2.12. The van der Waals surface area contributed by atoms with E-state index in [1.807, 2.05) is 19.1 Å². The van der Waals surface area contributed by atoms with Gasteiger partial charge in [0, 0.05) is 18.5 Å². The quantitative estimate of drug-likeness (QED) is 0.598. The number of aryl methyl sites for hydroxylation is 1. The first-order valence-electron chi connectivity index (χ1n) is 8.23. The van der Waals surface area contributed by atoms with E-state index < -0.39 is 10.0 Å². The molecule has 6 heteroatoms. The van der Waals surface area contributed by atoms with Crippen molar-refractivity contribution in [2.75, 3.05) is 20.8 Å². The van der Waals surface area contributed by atoms with Gasteiger partial charge in [-0.15, -0.1) is 0 Å². The lowest BCUT2D eigenvalue weighted by Gasteiger charge is -2.07. The Morgan fingerprint density at radius 1 is 1.00 bits per heavy atom. The zero-order valence-electron chi connectivity index (χ0n) is 15.2. The number of methoxy groups -OCH3 is 2. The number of rotatable bonds is 7. The predicted molar refractivity (Wildman–Crippen MR) is 102 cm³/mol. The maximum absolute atomic E-state index is 12.2. The Morgan fingerprint density at radius 2 is 1.69 bits per heavy atom. The van der Waals surface area contributed by atoms with Gasteiger partial charge in [0.1, 0.15) is 0 Å². The summed E-state index contributed by atoms with van der Waals surface area (Å²) in [4.78, 5) is 0.277. The zero-order valence-corrected chi connectivity index (χ0v) is 16.0. The number of hydrogen-bond donors (Lipinski definition) is 1. The largest absolute Gasteiger partial charge is 0.493 e. The van der Waals surface area contributed by atoms with Crippen molar-refractivity contribution >= 4 is 10.0 Å². The van der Waals surface area contributed by atoms with Gasteiger partial charge in [-0.05, 0) is 43.7 Å². The Morgan fingerprint density at radius 3 is 2.35 bits per heavy atom. The van der Waals surface area contributed by atoms with Gasteiger partial charge in [0.25, 0.3) is 0 Å². The topological polar surface area (TPSA) is 64.6 Å². The molecule has 0 aliphatic rings. The van der Waals surface area contributed by atoms with Crippen LogP contribution < -0.4 is 14.2 Å². The van der Waals surface area contributed by atoms with Gasteiger partial charge in [-0.2, -0.15) is 0 Å². The van der Waals surface area contributed by atoms with E-state index >= 15 is 0 Å². The van der Waals surface area contributed by atoms with E-state index in [1.54, 1.807) is 44.6 Å². The summed E-state index contributed by atoms with van der Waals surface area (Å²) in [5.74, 6) is 7.37. The van der Waals surface area contributed by atoms with Crippen LogP contribution in [0.3, 0.4) is 0 Å². The van der Waals surface area contributed by atoms with Crippen molar-refractivity contribution in [3.05, 3.63) is 53.6 Å². The van der Waals surface area contributed by atoms with Crippen LogP contribution in [0.15, 0.2) is 47.4 Å². The Bertz CT molecular complexity index is 894. The molecule has 0 saturated carbocycles. The molecule has 0 aromatic heterocycles. The fourth-order valence-electron chi connectivity index (χ4n) is 2.26. The monoisotopic (exact) mass is 373 g/mol. The SMILES string of the molecule is COc1ccc(C#CCCCNS(=O)(=O)c2ccc(C)cc2)cc1OC. The first-order chi connectivity index (χ1) is 12.5. The predicted octanol–water partition coefficient (Wildman–Crippen LogP) is 3.12. The third kappa shape index (κ3) is 5.51. The summed E-state index contributed by atoms with van der Waals surface area (Å²) in [6.07, 6.45) is 1.22. The lowest BCUT2D eigenvalue weighted by molar-refractivity contribution is 0.355. The maximum atomic E-state index is 12.2. The molecule has 5 nitrogen and oxygen atoms in total. The first-order valence-corrected chi connectivity index (χ1v) is 9.72. The number of benzene rings is 2. The summed E-state index contributed by atoms with van der Waals surface area (Å²) in [7, 11) is -0.299. The number of sulfonamides is 1. The summed E-state index contributed by atoms with van der Waals surface area (Å²) in [5, 5.41) is 0. The first kappa shape index (κ1) is 19.8.